The topological polar surface area (TPSA) is 29.5 Å². The minimum absolute atomic E-state index is 0.130. The van der Waals surface area contributed by atoms with Gasteiger partial charge in [0.05, 0.1) is 7.11 Å². The van der Waals surface area contributed by atoms with Crippen molar-refractivity contribution in [2.45, 2.75) is 52.0 Å². The normalized spacial score (nSPS) is 19.4. The smallest absolute Gasteiger partial charge is 0.167 e. The predicted molar refractivity (Wildman–Crippen MR) is 108 cm³/mol. The van der Waals surface area contributed by atoms with Crippen LogP contribution in [0, 0.1) is 5.92 Å². The molecular weight excluding hydrogens is 322 g/mol. The van der Waals surface area contributed by atoms with Crippen LogP contribution >= 0.6 is 0 Å². The molecule has 2 aromatic carbocycles. The van der Waals surface area contributed by atoms with Crippen LogP contribution in [0.25, 0.3) is 10.8 Å². The number of fused-ring (bicyclic) bond motifs is 1. The van der Waals surface area contributed by atoms with Crippen LogP contribution < -0.4 is 4.74 Å². The number of ether oxygens (including phenoxy) is 1. The number of nitrogens with zero attached hydrogens (tertiary/aromatic N) is 1. The molecule has 1 aliphatic heterocycles. The molecule has 3 heteroatoms. The number of carbonyl (C=O) groups is 1. The summed E-state index contributed by atoms with van der Waals surface area (Å²) in [7, 11) is 1.68. The third-order valence-corrected chi connectivity index (χ3v) is 5.77. The van der Waals surface area contributed by atoms with Gasteiger partial charge in [0.2, 0.25) is 0 Å². The highest BCUT2D eigenvalue weighted by molar-refractivity contribution is 6.01. The van der Waals surface area contributed by atoms with Crippen molar-refractivity contribution >= 4 is 16.6 Å². The van der Waals surface area contributed by atoms with Gasteiger partial charge in [-0.3, -0.25) is 9.69 Å². The van der Waals surface area contributed by atoms with E-state index < -0.39 is 0 Å². The first-order valence-corrected chi connectivity index (χ1v) is 10.0. The Hall–Kier alpha value is -1.87. The Kier molecular flexibility index (Phi) is 6.31. The average Bonchev–Trinajstić information content (AvgIpc) is 2.70. The van der Waals surface area contributed by atoms with E-state index in [1.165, 1.54) is 19.3 Å². The second kappa shape index (κ2) is 8.68. The Morgan fingerprint density at radius 1 is 1.19 bits per heavy atom. The molecule has 0 radical (unpaired) electrons. The van der Waals surface area contributed by atoms with Crippen molar-refractivity contribution in [2.75, 3.05) is 20.2 Å². The molecule has 1 saturated heterocycles. The lowest BCUT2D eigenvalue weighted by atomic mass is 9.88. The van der Waals surface area contributed by atoms with Crippen molar-refractivity contribution < 1.29 is 9.53 Å². The van der Waals surface area contributed by atoms with E-state index in [-0.39, 0.29) is 5.92 Å². The molecule has 0 saturated carbocycles. The van der Waals surface area contributed by atoms with Crippen molar-refractivity contribution in [3.05, 3.63) is 42.0 Å². The van der Waals surface area contributed by atoms with Crippen LogP contribution in [0.1, 0.15) is 56.3 Å². The van der Waals surface area contributed by atoms with Gasteiger partial charge < -0.3 is 4.74 Å². The van der Waals surface area contributed by atoms with Gasteiger partial charge in [0.15, 0.2) is 5.78 Å². The highest BCUT2D eigenvalue weighted by Gasteiger charge is 2.29. The summed E-state index contributed by atoms with van der Waals surface area (Å²) in [5.74, 6) is 1.28. The number of ketones is 1. The zero-order valence-electron chi connectivity index (χ0n) is 16.3. The molecule has 3 nitrogen and oxygen atoms in total. The first-order valence-electron chi connectivity index (χ1n) is 10.0. The maximum Gasteiger partial charge on any atom is 0.167 e. The third kappa shape index (κ3) is 4.09. The van der Waals surface area contributed by atoms with Gasteiger partial charge in [-0.2, -0.15) is 0 Å². The van der Waals surface area contributed by atoms with E-state index in [2.05, 4.69) is 18.7 Å². The molecule has 0 amide bonds. The SMILES string of the molecule is CCCC(CC)N1CCCC(C(=O)c2ccc3cc(OC)ccc3c2)C1. The summed E-state index contributed by atoms with van der Waals surface area (Å²) in [6.45, 7) is 6.57. The van der Waals surface area contributed by atoms with E-state index in [0.717, 1.165) is 48.0 Å². The molecular formula is C23H31NO2. The molecule has 3 rings (SSSR count). The number of hydrogen-bond donors (Lipinski definition) is 0. The molecule has 0 spiro atoms. The van der Waals surface area contributed by atoms with Crippen LogP contribution in [0.2, 0.25) is 0 Å². The van der Waals surface area contributed by atoms with Crippen LogP contribution in [0.5, 0.6) is 5.75 Å². The Morgan fingerprint density at radius 2 is 1.96 bits per heavy atom. The van der Waals surface area contributed by atoms with Crippen LogP contribution in [-0.2, 0) is 0 Å². The summed E-state index contributed by atoms with van der Waals surface area (Å²) in [5.41, 5.74) is 0.845. The summed E-state index contributed by atoms with van der Waals surface area (Å²) in [5, 5.41) is 2.21. The van der Waals surface area contributed by atoms with Crippen LogP contribution in [-0.4, -0.2) is 36.9 Å². The third-order valence-electron chi connectivity index (χ3n) is 5.77. The van der Waals surface area contributed by atoms with E-state index in [1.807, 2.05) is 36.4 Å². The Balaban J connectivity index is 1.76. The lowest BCUT2D eigenvalue weighted by Crippen LogP contribution is -2.44. The van der Waals surface area contributed by atoms with Gasteiger partial charge in [-0.1, -0.05) is 38.5 Å². The van der Waals surface area contributed by atoms with Crippen molar-refractivity contribution in [1.29, 1.82) is 0 Å². The molecule has 2 unspecified atom stereocenters. The summed E-state index contributed by atoms with van der Waals surface area (Å²) < 4.78 is 5.29. The quantitative estimate of drug-likeness (QED) is 0.631. The van der Waals surface area contributed by atoms with Gasteiger partial charge in [-0.15, -0.1) is 0 Å². The maximum absolute atomic E-state index is 13.1. The van der Waals surface area contributed by atoms with E-state index in [0.29, 0.717) is 11.8 Å². The summed E-state index contributed by atoms with van der Waals surface area (Å²) >= 11 is 0. The van der Waals surface area contributed by atoms with Crippen molar-refractivity contribution in [3.8, 4) is 5.75 Å². The standard InChI is InChI=1S/C23H31NO2/c1-4-7-21(5-2)24-13-6-8-20(16-24)23(25)19-10-9-18-15-22(26-3)12-11-17(18)14-19/h9-12,14-15,20-21H,4-8,13,16H2,1-3H3. The first kappa shape index (κ1) is 18.9. The molecule has 0 aromatic heterocycles. The average molecular weight is 354 g/mol. The second-order valence-corrected chi connectivity index (χ2v) is 7.48. The van der Waals surface area contributed by atoms with E-state index in [1.54, 1.807) is 7.11 Å². The Morgan fingerprint density at radius 3 is 2.69 bits per heavy atom. The number of methoxy groups -OCH3 is 1. The van der Waals surface area contributed by atoms with E-state index >= 15 is 0 Å². The van der Waals surface area contributed by atoms with Gasteiger partial charge in [0.1, 0.15) is 5.75 Å². The molecule has 0 N–H and O–H groups in total. The highest BCUT2D eigenvalue weighted by atomic mass is 16.5. The minimum atomic E-state index is 0.130. The van der Waals surface area contributed by atoms with E-state index in [4.69, 9.17) is 4.74 Å². The fourth-order valence-electron chi connectivity index (χ4n) is 4.27. The number of hydrogen-bond acceptors (Lipinski definition) is 3. The molecule has 1 aliphatic rings. The number of Topliss-reactive ketones (excluding diaryl/α,β-unsaturated/α-hetero) is 1. The fraction of sp³-hybridized carbons (Fsp3) is 0.522. The number of likely N-dealkylation sites (tertiary alicyclic amines) is 1. The summed E-state index contributed by atoms with van der Waals surface area (Å²) in [6, 6.07) is 12.7. The predicted octanol–water partition coefficient (Wildman–Crippen LogP) is 5.32. The molecule has 1 fully saturated rings. The van der Waals surface area contributed by atoms with Crippen LogP contribution in [0.4, 0.5) is 0 Å². The minimum Gasteiger partial charge on any atom is -0.497 e. The molecule has 140 valence electrons. The number of carbonyl (C=O) groups excluding carboxylic acids is 1. The van der Waals surface area contributed by atoms with Gasteiger partial charge in [-0.25, -0.2) is 0 Å². The molecule has 0 bridgehead atoms. The fourth-order valence-corrected chi connectivity index (χ4v) is 4.27. The van der Waals surface area contributed by atoms with Crippen molar-refractivity contribution in [1.82, 2.24) is 4.90 Å². The van der Waals surface area contributed by atoms with Gasteiger partial charge in [0.25, 0.3) is 0 Å². The number of rotatable bonds is 7. The van der Waals surface area contributed by atoms with E-state index in [9.17, 15) is 4.79 Å². The molecule has 0 aliphatic carbocycles. The first-order chi connectivity index (χ1) is 12.7. The van der Waals surface area contributed by atoms with Gasteiger partial charge >= 0.3 is 0 Å². The maximum atomic E-state index is 13.1. The lowest BCUT2D eigenvalue weighted by molar-refractivity contribution is 0.0735. The highest BCUT2D eigenvalue weighted by Crippen LogP contribution is 2.27. The van der Waals surface area contributed by atoms with Gasteiger partial charge in [0, 0.05) is 24.1 Å². The van der Waals surface area contributed by atoms with Crippen molar-refractivity contribution in [3.63, 3.8) is 0 Å². The number of benzene rings is 2. The number of piperidine rings is 1. The summed E-state index contributed by atoms with van der Waals surface area (Å²) in [4.78, 5) is 15.7. The lowest BCUT2D eigenvalue weighted by Gasteiger charge is -2.37. The second-order valence-electron chi connectivity index (χ2n) is 7.48. The zero-order valence-corrected chi connectivity index (χ0v) is 16.3. The largest absolute Gasteiger partial charge is 0.497 e. The zero-order chi connectivity index (χ0) is 18.5. The Labute approximate surface area is 157 Å². The monoisotopic (exact) mass is 353 g/mol. The van der Waals surface area contributed by atoms with Crippen molar-refractivity contribution in [2.24, 2.45) is 5.92 Å². The molecule has 1 heterocycles. The van der Waals surface area contributed by atoms with Crippen LogP contribution in [0.15, 0.2) is 36.4 Å². The van der Waals surface area contributed by atoms with Gasteiger partial charge in [-0.05, 0) is 61.2 Å². The summed E-state index contributed by atoms with van der Waals surface area (Å²) in [6.07, 6.45) is 5.75. The Bertz CT molecular complexity index is 755. The molecule has 2 aromatic rings. The molecule has 26 heavy (non-hydrogen) atoms. The molecule has 2 atom stereocenters. The van der Waals surface area contributed by atoms with Crippen LogP contribution in [0.3, 0.4) is 0 Å².